The molecule has 3 nitrogen and oxygen atoms in total. The number of nitrogens with zero attached hydrogens (tertiary/aromatic N) is 1. The number of imidazole rings is 1. The largest absolute Gasteiger partial charge is 0.347 e. The first kappa shape index (κ1) is 12.8. The van der Waals surface area contributed by atoms with Gasteiger partial charge in [0.2, 0.25) is 0 Å². The maximum atomic E-state index is 4.01. The minimum absolute atomic E-state index is 0.342. The van der Waals surface area contributed by atoms with Crippen LogP contribution in [0.4, 0.5) is 0 Å². The number of H-pyrrole nitrogens is 1. The number of nitrogens with one attached hydrogen (secondary N) is 2. The summed E-state index contributed by atoms with van der Waals surface area (Å²) in [5.41, 5.74) is 3.82. The summed E-state index contributed by atoms with van der Waals surface area (Å²) in [5, 5.41) is 3.48. The van der Waals surface area contributed by atoms with Gasteiger partial charge >= 0.3 is 0 Å². The fraction of sp³-hybridized carbons (Fsp3) is 0.400. The fourth-order valence-electron chi connectivity index (χ4n) is 1.93. The first-order valence-electron chi connectivity index (χ1n) is 6.47. The zero-order valence-electron chi connectivity index (χ0n) is 11.3. The molecule has 0 aliphatic heterocycles. The van der Waals surface area contributed by atoms with Crippen molar-refractivity contribution < 1.29 is 0 Å². The van der Waals surface area contributed by atoms with E-state index in [1.165, 1.54) is 11.1 Å². The lowest BCUT2D eigenvalue weighted by atomic mass is 9.99. The monoisotopic (exact) mass is 243 g/mol. The molecule has 96 valence electrons. The highest BCUT2D eigenvalue weighted by Crippen LogP contribution is 2.18. The Morgan fingerprint density at radius 3 is 2.33 bits per heavy atom. The molecule has 1 atom stereocenters. The highest BCUT2D eigenvalue weighted by molar-refractivity contribution is 5.26. The molecule has 2 N–H and O–H groups in total. The third-order valence-electron chi connectivity index (χ3n) is 3.26. The summed E-state index contributed by atoms with van der Waals surface area (Å²) in [6.45, 7) is 7.43. The third kappa shape index (κ3) is 3.20. The maximum Gasteiger partial charge on any atom is 0.0922 e. The number of rotatable bonds is 5. The van der Waals surface area contributed by atoms with Crippen LogP contribution in [0.3, 0.4) is 0 Å². The van der Waals surface area contributed by atoms with E-state index in [4.69, 9.17) is 0 Å². The lowest BCUT2D eigenvalue weighted by molar-refractivity contribution is 0.568. The number of aromatic amines is 1. The van der Waals surface area contributed by atoms with E-state index in [2.05, 4.69) is 60.3 Å². The Bertz CT molecular complexity index is 457. The van der Waals surface area contributed by atoms with E-state index < -0.39 is 0 Å². The molecule has 1 heterocycles. The molecule has 1 aromatic heterocycles. The van der Waals surface area contributed by atoms with E-state index in [1.54, 1.807) is 6.33 Å². The average molecular weight is 243 g/mol. The molecule has 0 bridgehead atoms. The number of hydrogen-bond donors (Lipinski definition) is 2. The van der Waals surface area contributed by atoms with Gasteiger partial charge in [0.05, 0.1) is 6.33 Å². The number of benzene rings is 1. The molecule has 1 aromatic carbocycles. The second-order valence-electron chi connectivity index (χ2n) is 5.00. The van der Waals surface area contributed by atoms with E-state index in [0.717, 1.165) is 12.2 Å². The molecule has 18 heavy (non-hydrogen) atoms. The zero-order chi connectivity index (χ0) is 13.0. The van der Waals surface area contributed by atoms with Gasteiger partial charge in [-0.25, -0.2) is 4.98 Å². The van der Waals surface area contributed by atoms with E-state index >= 15 is 0 Å². The summed E-state index contributed by atoms with van der Waals surface area (Å²) >= 11 is 0. The van der Waals surface area contributed by atoms with Gasteiger partial charge in [0.15, 0.2) is 0 Å². The van der Waals surface area contributed by atoms with E-state index in [0.29, 0.717) is 12.0 Å². The number of hydrogen-bond acceptors (Lipinski definition) is 2. The Morgan fingerprint density at radius 2 is 1.78 bits per heavy atom. The zero-order valence-corrected chi connectivity index (χ0v) is 11.3. The van der Waals surface area contributed by atoms with Gasteiger partial charge in [-0.05, 0) is 24.0 Å². The van der Waals surface area contributed by atoms with Crippen molar-refractivity contribution in [1.82, 2.24) is 15.3 Å². The summed E-state index contributed by atoms with van der Waals surface area (Å²) < 4.78 is 0. The first-order chi connectivity index (χ1) is 8.66. The van der Waals surface area contributed by atoms with Crippen molar-refractivity contribution in [3.63, 3.8) is 0 Å². The molecule has 0 aliphatic rings. The second-order valence-corrected chi connectivity index (χ2v) is 5.00. The van der Waals surface area contributed by atoms with Gasteiger partial charge in [-0.1, -0.05) is 38.1 Å². The van der Waals surface area contributed by atoms with Crippen molar-refractivity contribution in [1.29, 1.82) is 0 Å². The van der Waals surface area contributed by atoms with Crippen LogP contribution in [0, 0.1) is 0 Å². The Balaban J connectivity index is 1.94. The predicted octanol–water partition coefficient (Wildman–Crippen LogP) is 3.38. The van der Waals surface area contributed by atoms with Crippen LogP contribution in [0.15, 0.2) is 36.8 Å². The van der Waals surface area contributed by atoms with Crippen LogP contribution in [-0.2, 0) is 6.54 Å². The van der Waals surface area contributed by atoms with Crippen molar-refractivity contribution in [3.8, 4) is 0 Å². The maximum absolute atomic E-state index is 4.01. The third-order valence-corrected chi connectivity index (χ3v) is 3.26. The van der Waals surface area contributed by atoms with Gasteiger partial charge in [0.1, 0.15) is 0 Å². The molecule has 0 fully saturated rings. The normalized spacial score (nSPS) is 12.9. The fourth-order valence-corrected chi connectivity index (χ4v) is 1.93. The predicted molar refractivity (Wildman–Crippen MR) is 74.4 cm³/mol. The van der Waals surface area contributed by atoms with Crippen LogP contribution in [-0.4, -0.2) is 9.97 Å². The molecule has 2 rings (SSSR count). The van der Waals surface area contributed by atoms with Gasteiger partial charge in [0.25, 0.3) is 0 Å². The van der Waals surface area contributed by atoms with Crippen LogP contribution in [0.2, 0.25) is 0 Å². The molecule has 0 radical (unpaired) electrons. The van der Waals surface area contributed by atoms with Crippen molar-refractivity contribution >= 4 is 0 Å². The van der Waals surface area contributed by atoms with Crippen molar-refractivity contribution in [2.45, 2.75) is 39.3 Å². The Morgan fingerprint density at radius 1 is 1.11 bits per heavy atom. The van der Waals surface area contributed by atoms with Crippen molar-refractivity contribution in [2.75, 3.05) is 0 Å². The smallest absolute Gasteiger partial charge is 0.0922 e. The molecule has 3 heteroatoms. The Kier molecular flexibility index (Phi) is 4.15. The molecule has 1 unspecified atom stereocenters. The molecule has 0 spiro atoms. The summed E-state index contributed by atoms with van der Waals surface area (Å²) in [7, 11) is 0. The summed E-state index contributed by atoms with van der Waals surface area (Å²) in [6.07, 6.45) is 3.56. The summed E-state index contributed by atoms with van der Waals surface area (Å²) in [4.78, 5) is 7.10. The standard InChI is InChI=1S/C15H21N3/c1-11(2)13-4-6-14(7-5-13)12(3)17-9-15-8-16-10-18-15/h4-8,10-12,17H,9H2,1-3H3,(H,16,18). The van der Waals surface area contributed by atoms with Crippen molar-refractivity contribution in [3.05, 3.63) is 53.6 Å². The Hall–Kier alpha value is -1.61. The molecule has 0 amide bonds. The van der Waals surface area contributed by atoms with Crippen LogP contribution in [0.25, 0.3) is 0 Å². The summed E-state index contributed by atoms with van der Waals surface area (Å²) in [6, 6.07) is 9.19. The van der Waals surface area contributed by atoms with Crippen LogP contribution in [0.5, 0.6) is 0 Å². The topological polar surface area (TPSA) is 40.7 Å². The number of aromatic nitrogens is 2. The molecule has 0 saturated heterocycles. The van der Waals surface area contributed by atoms with E-state index in [9.17, 15) is 0 Å². The van der Waals surface area contributed by atoms with Crippen LogP contribution in [0.1, 0.15) is 49.6 Å². The van der Waals surface area contributed by atoms with Gasteiger partial charge in [-0.3, -0.25) is 0 Å². The van der Waals surface area contributed by atoms with Gasteiger partial charge in [-0.2, -0.15) is 0 Å². The minimum Gasteiger partial charge on any atom is -0.347 e. The van der Waals surface area contributed by atoms with E-state index in [1.807, 2.05) is 6.20 Å². The van der Waals surface area contributed by atoms with Gasteiger partial charge in [0, 0.05) is 24.5 Å². The quantitative estimate of drug-likeness (QED) is 0.845. The lowest BCUT2D eigenvalue weighted by Crippen LogP contribution is -2.18. The second kappa shape index (κ2) is 5.83. The van der Waals surface area contributed by atoms with Crippen molar-refractivity contribution in [2.24, 2.45) is 0 Å². The van der Waals surface area contributed by atoms with Gasteiger partial charge < -0.3 is 10.3 Å². The van der Waals surface area contributed by atoms with Crippen LogP contribution < -0.4 is 5.32 Å². The van der Waals surface area contributed by atoms with E-state index in [-0.39, 0.29) is 0 Å². The van der Waals surface area contributed by atoms with Gasteiger partial charge in [-0.15, -0.1) is 0 Å². The molecule has 2 aromatic rings. The average Bonchev–Trinajstić information content (AvgIpc) is 2.89. The lowest BCUT2D eigenvalue weighted by Gasteiger charge is -2.15. The molecular formula is C15H21N3. The minimum atomic E-state index is 0.342. The Labute approximate surface area is 109 Å². The summed E-state index contributed by atoms with van der Waals surface area (Å²) in [5.74, 6) is 0.590. The molecule has 0 aliphatic carbocycles. The highest BCUT2D eigenvalue weighted by atomic mass is 14.9. The SMILES string of the molecule is CC(C)c1ccc(C(C)NCc2cnc[nH]2)cc1. The molecule has 0 saturated carbocycles. The molecular weight excluding hydrogens is 222 g/mol. The van der Waals surface area contributed by atoms with Crippen LogP contribution >= 0.6 is 0 Å². The first-order valence-corrected chi connectivity index (χ1v) is 6.47. The highest BCUT2D eigenvalue weighted by Gasteiger charge is 2.06.